The van der Waals surface area contributed by atoms with E-state index in [9.17, 15) is 19.5 Å². The average Bonchev–Trinajstić information content (AvgIpc) is 3.12. The van der Waals surface area contributed by atoms with Gasteiger partial charge < -0.3 is 26.7 Å². The molecule has 1 fully saturated rings. The summed E-state index contributed by atoms with van der Waals surface area (Å²) in [7, 11) is 1.24. The van der Waals surface area contributed by atoms with E-state index in [4.69, 9.17) is 27.9 Å². The minimum Gasteiger partial charge on any atom is -0.477 e. The van der Waals surface area contributed by atoms with E-state index in [1.165, 1.54) is 37.0 Å². The van der Waals surface area contributed by atoms with Crippen LogP contribution in [0.2, 0.25) is 4.34 Å². The molecular weight excluding hydrogens is 514 g/mol. The number of aromatic nitrogens is 1. The quantitative estimate of drug-likeness (QED) is 0.152. The van der Waals surface area contributed by atoms with Crippen LogP contribution in [0, 0.1) is 0 Å². The number of hydrogen-bond acceptors (Lipinski definition) is 11. The second kappa shape index (κ2) is 10.9. The zero-order valence-electron chi connectivity index (χ0n) is 16.9. The average molecular weight is 532 g/mol. The zero-order chi connectivity index (χ0) is 24.1. The summed E-state index contributed by atoms with van der Waals surface area (Å²) in [5.41, 5.74) is 10.5. The molecule has 2 aliphatic rings. The van der Waals surface area contributed by atoms with Gasteiger partial charge in [-0.25, -0.2) is 9.78 Å². The highest BCUT2D eigenvalue weighted by Gasteiger charge is 2.54. The molecule has 12 nitrogen and oxygen atoms in total. The number of rotatable bonds is 9. The van der Waals surface area contributed by atoms with Gasteiger partial charge in [-0.05, 0) is 5.41 Å². The molecule has 0 spiro atoms. The van der Waals surface area contributed by atoms with Crippen molar-refractivity contribution in [1.82, 2.24) is 15.2 Å². The van der Waals surface area contributed by atoms with Crippen LogP contribution < -0.4 is 16.8 Å². The number of carbonyl (C=O) groups is 3. The topological polar surface area (TPSA) is 186 Å². The van der Waals surface area contributed by atoms with Gasteiger partial charge >= 0.3 is 5.97 Å². The van der Waals surface area contributed by atoms with Crippen molar-refractivity contribution in [3.8, 4) is 0 Å². The third kappa shape index (κ3) is 5.26. The van der Waals surface area contributed by atoms with Crippen LogP contribution in [0.25, 0.3) is 0 Å². The third-order valence-corrected chi connectivity index (χ3v) is 7.77. The van der Waals surface area contributed by atoms with Crippen molar-refractivity contribution in [1.29, 1.82) is 0 Å². The largest absolute Gasteiger partial charge is 0.477 e. The lowest BCUT2D eigenvalue weighted by molar-refractivity contribution is -0.150. The highest BCUT2D eigenvalue weighted by molar-refractivity contribution is 8.08. The molecule has 33 heavy (non-hydrogen) atoms. The van der Waals surface area contributed by atoms with Crippen molar-refractivity contribution in [3.63, 3.8) is 0 Å². The highest BCUT2D eigenvalue weighted by atomic mass is 35.5. The highest BCUT2D eigenvalue weighted by Crippen LogP contribution is 2.43. The molecule has 2 aliphatic heterocycles. The Morgan fingerprint density at radius 3 is 2.88 bits per heavy atom. The number of aliphatic imine (C=N–C) groups is 1. The maximum Gasteiger partial charge on any atom is 0.353 e. The summed E-state index contributed by atoms with van der Waals surface area (Å²) < 4.78 is 0.134. The Hall–Kier alpha value is -2.75. The van der Waals surface area contributed by atoms with Gasteiger partial charge in [0.2, 0.25) is 0 Å². The van der Waals surface area contributed by atoms with Crippen molar-refractivity contribution in [2.75, 3.05) is 25.1 Å². The molecule has 0 saturated carbocycles. The number of fused-ring (bicyclic) bond motifs is 1. The van der Waals surface area contributed by atoms with Gasteiger partial charge in [0.25, 0.3) is 11.8 Å². The summed E-state index contributed by atoms with van der Waals surface area (Å²) in [6.45, 7) is 0.353. The lowest BCUT2D eigenvalue weighted by atomic mass is 10.0. The van der Waals surface area contributed by atoms with E-state index in [1.54, 1.807) is 11.5 Å². The number of thioether (sulfide) groups is 2. The van der Waals surface area contributed by atoms with Gasteiger partial charge in [0.1, 0.15) is 34.3 Å². The van der Waals surface area contributed by atoms with Crippen molar-refractivity contribution in [2.45, 2.75) is 11.4 Å². The number of carboxylic acid groups (broad SMARTS) is 1. The van der Waals surface area contributed by atoms with E-state index in [1.807, 2.05) is 0 Å². The van der Waals surface area contributed by atoms with Crippen LogP contribution in [0.4, 0.5) is 5.13 Å². The first kappa shape index (κ1) is 24.9. The van der Waals surface area contributed by atoms with Crippen molar-refractivity contribution in [2.24, 2.45) is 15.9 Å². The lowest BCUT2D eigenvalue weighted by Crippen LogP contribution is -2.71. The van der Waals surface area contributed by atoms with Gasteiger partial charge in [-0.15, -0.1) is 11.8 Å². The molecule has 1 aromatic rings. The predicted molar refractivity (Wildman–Crippen MR) is 129 cm³/mol. The second-order valence-corrected chi connectivity index (χ2v) is 9.98. The molecule has 2 atom stereocenters. The molecule has 3 rings (SSSR count). The molecule has 3 heterocycles. The van der Waals surface area contributed by atoms with Crippen LogP contribution in [-0.2, 0) is 19.2 Å². The fourth-order valence-electron chi connectivity index (χ4n) is 2.93. The number of β-lactam (4-membered cyclic amide) rings is 1. The normalized spacial score (nSPS) is 20.8. The fourth-order valence-corrected chi connectivity index (χ4v) is 6.18. The van der Waals surface area contributed by atoms with Crippen molar-refractivity contribution in [3.05, 3.63) is 32.1 Å². The van der Waals surface area contributed by atoms with Gasteiger partial charge in [0, 0.05) is 10.7 Å². The molecule has 0 aliphatic carbocycles. The first-order valence-electron chi connectivity index (χ1n) is 9.07. The number of carbonyl (C=O) groups excluding carboxylic acids is 2. The number of amides is 2. The molecule has 1 saturated heterocycles. The molecule has 1 aromatic heterocycles. The number of halogens is 1. The van der Waals surface area contributed by atoms with Gasteiger partial charge in [0.15, 0.2) is 10.8 Å². The van der Waals surface area contributed by atoms with Crippen LogP contribution in [-0.4, -0.2) is 75.6 Å². The predicted octanol–water partition coefficient (Wildman–Crippen LogP) is 0.659. The lowest BCUT2D eigenvalue weighted by Gasteiger charge is -2.49. The second-order valence-electron chi connectivity index (χ2n) is 6.24. The third-order valence-electron chi connectivity index (χ3n) is 4.27. The number of nitrogen functional groups attached to an aromatic ring is 1. The van der Waals surface area contributed by atoms with E-state index >= 15 is 0 Å². The van der Waals surface area contributed by atoms with E-state index in [-0.39, 0.29) is 26.6 Å². The molecule has 0 radical (unpaired) electrons. The Balaban J connectivity index is 1.76. The Labute approximate surface area is 205 Å². The Bertz CT molecular complexity index is 1090. The van der Waals surface area contributed by atoms with E-state index in [0.29, 0.717) is 17.2 Å². The SMILES string of the molecule is CO/N=C(\C(=O)NC1C(=O)N2C(C(=O)O)=C(S/C=C\CN=CN)CS[C@H]12)c1nc(N)sc1Cl. The summed E-state index contributed by atoms with van der Waals surface area (Å²) in [6, 6.07) is -0.963. The summed E-state index contributed by atoms with van der Waals surface area (Å²) in [6.07, 6.45) is 2.89. The van der Waals surface area contributed by atoms with Crippen LogP contribution in [0.3, 0.4) is 0 Å². The number of oxime groups is 1. The molecule has 2 amide bonds. The maximum absolute atomic E-state index is 12.8. The van der Waals surface area contributed by atoms with E-state index in [0.717, 1.165) is 16.2 Å². The van der Waals surface area contributed by atoms with E-state index in [2.05, 4.69) is 20.4 Å². The zero-order valence-corrected chi connectivity index (χ0v) is 20.1. The van der Waals surface area contributed by atoms with Crippen LogP contribution in [0.1, 0.15) is 5.69 Å². The Morgan fingerprint density at radius 2 is 2.27 bits per heavy atom. The Kier molecular flexibility index (Phi) is 8.23. The van der Waals surface area contributed by atoms with E-state index < -0.39 is 29.2 Å². The van der Waals surface area contributed by atoms with Gasteiger partial charge in [-0.1, -0.05) is 45.9 Å². The monoisotopic (exact) mass is 531 g/mol. The number of anilines is 1. The molecule has 0 aromatic carbocycles. The molecule has 176 valence electrons. The molecule has 1 unspecified atom stereocenters. The number of nitrogens with two attached hydrogens (primary N) is 2. The van der Waals surface area contributed by atoms with Gasteiger partial charge in [-0.3, -0.25) is 19.5 Å². The number of aliphatic carboxylic acids is 1. The van der Waals surface area contributed by atoms with Crippen LogP contribution in [0.5, 0.6) is 0 Å². The van der Waals surface area contributed by atoms with Crippen LogP contribution in [0.15, 0.2) is 32.2 Å². The molecule has 6 N–H and O–H groups in total. The fraction of sp³-hybridized carbons (Fsp3) is 0.294. The van der Waals surface area contributed by atoms with Crippen LogP contribution >= 0.6 is 46.5 Å². The summed E-state index contributed by atoms with van der Waals surface area (Å²) >= 11 is 9.54. The number of nitrogens with zero attached hydrogens (tertiary/aromatic N) is 4. The van der Waals surface area contributed by atoms with Gasteiger partial charge in [0.05, 0.1) is 12.9 Å². The summed E-state index contributed by atoms with van der Waals surface area (Å²) in [5, 5.41) is 17.2. The molecular formula is C17H18ClN7O5S3. The molecule has 16 heteroatoms. The Morgan fingerprint density at radius 1 is 1.52 bits per heavy atom. The van der Waals surface area contributed by atoms with Crippen molar-refractivity contribution >= 4 is 81.4 Å². The first-order chi connectivity index (χ1) is 15.8. The van der Waals surface area contributed by atoms with Crippen molar-refractivity contribution < 1.29 is 24.3 Å². The number of nitrogens with one attached hydrogen (secondary N) is 1. The van der Waals surface area contributed by atoms with Gasteiger partial charge in [-0.2, -0.15) is 0 Å². The summed E-state index contributed by atoms with van der Waals surface area (Å²) in [4.78, 5) is 51.7. The minimum atomic E-state index is -1.24. The smallest absolute Gasteiger partial charge is 0.353 e. The summed E-state index contributed by atoms with van der Waals surface area (Å²) in [5.74, 6) is -2.22. The minimum absolute atomic E-state index is 0.0222. The molecule has 0 bridgehead atoms. The number of hydrogen-bond donors (Lipinski definition) is 4. The number of thiazole rings is 1. The standard InChI is InChI=1S/C17H18ClN7O5S3/c1-30-24-9(8-12(18)33-17(20)23-8)13(26)22-10-14(27)25-11(16(28)29)7(5-32-15(10)25)31-4-2-3-21-6-19/h2,4,6,10,15H,3,5H2,1H3,(H2,19,21)(H2,20,23)(H,22,26)(H,28,29)/b4-2-,24-9-/t10?,15-/m1/s1. The maximum atomic E-state index is 12.8. The number of carboxylic acids is 1. The first-order valence-corrected chi connectivity index (χ1v) is 12.2.